The van der Waals surface area contributed by atoms with Gasteiger partial charge >= 0.3 is 17.9 Å². The minimum Gasteiger partial charge on any atom is -0.462 e. The van der Waals surface area contributed by atoms with Crippen LogP contribution < -0.4 is 0 Å². The third-order valence-corrected chi connectivity index (χ3v) is 12.1. The Morgan fingerprint density at radius 1 is 0.288 bits per heavy atom. The normalized spacial score (nSPS) is 13.1. The van der Waals surface area contributed by atoms with Crippen molar-refractivity contribution in [3.63, 3.8) is 0 Å². The van der Waals surface area contributed by atoms with E-state index in [4.69, 9.17) is 14.2 Å². The molecule has 0 aromatic carbocycles. The van der Waals surface area contributed by atoms with Crippen LogP contribution in [0.4, 0.5) is 0 Å². The SMILES string of the molecule is CC/C=C\C/C=C\C/C=C\C/C=C\C/C=C\C/C=C\C/C=C\C/C=C\C/C=C\CCCCCCCC(=O)OCC(COC(=O)CCCCCCCC)OC(=O)CCCCCCC/C=C\C/C=C\CCCCCC. The van der Waals surface area contributed by atoms with E-state index in [9.17, 15) is 14.4 Å². The van der Waals surface area contributed by atoms with Crippen LogP contribution in [0.3, 0.4) is 0 Å². The number of carbonyl (C=O) groups is 3. The van der Waals surface area contributed by atoms with Gasteiger partial charge < -0.3 is 14.2 Å². The largest absolute Gasteiger partial charge is 0.462 e. The molecule has 6 heteroatoms. The summed E-state index contributed by atoms with van der Waals surface area (Å²) in [6.07, 6.45) is 84.8. The van der Waals surface area contributed by atoms with E-state index >= 15 is 0 Å². The van der Waals surface area contributed by atoms with Gasteiger partial charge in [0.05, 0.1) is 0 Å². The van der Waals surface area contributed by atoms with Crippen LogP contribution >= 0.6 is 0 Å². The fourth-order valence-corrected chi connectivity index (χ4v) is 7.70. The summed E-state index contributed by atoms with van der Waals surface area (Å²) >= 11 is 0. The fraction of sp³-hybridized carbons (Fsp3) is 0.627. The molecule has 73 heavy (non-hydrogen) atoms. The Bertz CT molecular complexity index is 1580. The highest BCUT2D eigenvalue weighted by Gasteiger charge is 2.19. The number of rotatable bonds is 52. The summed E-state index contributed by atoms with van der Waals surface area (Å²) in [5, 5.41) is 0. The first-order valence-corrected chi connectivity index (χ1v) is 29.7. The molecule has 0 aromatic heterocycles. The van der Waals surface area contributed by atoms with Gasteiger partial charge in [0.1, 0.15) is 13.2 Å². The molecule has 0 aliphatic carbocycles. The van der Waals surface area contributed by atoms with Crippen LogP contribution in [-0.2, 0) is 28.6 Å². The molecule has 0 N–H and O–H groups in total. The second-order valence-electron chi connectivity index (χ2n) is 19.2. The van der Waals surface area contributed by atoms with E-state index in [1.165, 1.54) is 51.4 Å². The summed E-state index contributed by atoms with van der Waals surface area (Å²) in [5.74, 6) is -0.941. The molecule has 0 fully saturated rings. The fourth-order valence-electron chi connectivity index (χ4n) is 7.70. The molecule has 0 radical (unpaired) electrons. The highest BCUT2D eigenvalue weighted by atomic mass is 16.6. The Kier molecular flexibility index (Phi) is 56.4. The van der Waals surface area contributed by atoms with Crippen LogP contribution in [0.1, 0.15) is 252 Å². The van der Waals surface area contributed by atoms with E-state index in [1.807, 2.05) is 0 Å². The lowest BCUT2D eigenvalue weighted by Gasteiger charge is -2.18. The standard InChI is InChI=1S/C67H108O6/c1-4-7-10-13-16-18-20-22-24-26-27-28-29-30-31-32-33-34-35-36-37-38-39-40-41-42-44-45-47-49-51-54-57-60-66(69)72-63-64(62-71-65(68)59-56-53-15-12-9-6-3)73-67(70)61-58-55-52-50-48-46-43-25-23-21-19-17-14-11-8-5-2/h7,10,16,18-19,21-22,24-25,27-28,30-31,33-34,36-37,39-40,42-44,64H,4-6,8-9,11-15,17,20,23,26,29,32,35,38,41,45-63H2,1-3H3/b10-7-,18-16-,21-19-,24-22-,28-27-,31-30-,34-33-,37-36-,40-39-,43-25-,44-42-. The highest BCUT2D eigenvalue weighted by Crippen LogP contribution is 2.13. The van der Waals surface area contributed by atoms with Crippen LogP contribution in [0.25, 0.3) is 0 Å². The third kappa shape index (κ3) is 58.3. The lowest BCUT2D eigenvalue weighted by Crippen LogP contribution is -2.30. The van der Waals surface area contributed by atoms with E-state index in [0.29, 0.717) is 19.3 Å². The molecule has 0 heterocycles. The second-order valence-corrected chi connectivity index (χ2v) is 19.2. The van der Waals surface area contributed by atoms with E-state index in [2.05, 4.69) is 154 Å². The molecule has 0 saturated carbocycles. The Labute approximate surface area is 449 Å². The third-order valence-electron chi connectivity index (χ3n) is 12.1. The molecule has 6 nitrogen and oxygen atoms in total. The van der Waals surface area contributed by atoms with Gasteiger partial charge in [0, 0.05) is 19.3 Å². The first kappa shape index (κ1) is 68.6. The number of unbranched alkanes of at least 4 members (excludes halogenated alkanes) is 19. The molecule has 0 aliphatic rings. The molecule has 0 rings (SSSR count). The molecule has 0 spiro atoms. The van der Waals surface area contributed by atoms with E-state index in [0.717, 1.165) is 161 Å². The summed E-state index contributed by atoms with van der Waals surface area (Å²) in [6.45, 7) is 6.41. The van der Waals surface area contributed by atoms with E-state index in [-0.39, 0.29) is 31.1 Å². The molecule has 412 valence electrons. The molecule has 0 amide bonds. The van der Waals surface area contributed by atoms with Gasteiger partial charge in [0.2, 0.25) is 0 Å². The Morgan fingerprint density at radius 2 is 0.534 bits per heavy atom. The predicted octanol–water partition coefficient (Wildman–Crippen LogP) is 20.2. The van der Waals surface area contributed by atoms with E-state index in [1.54, 1.807) is 0 Å². The number of esters is 3. The van der Waals surface area contributed by atoms with Crippen molar-refractivity contribution in [2.24, 2.45) is 0 Å². The lowest BCUT2D eigenvalue weighted by atomic mass is 10.1. The maximum absolute atomic E-state index is 12.8. The van der Waals surface area contributed by atoms with Crippen LogP contribution in [0.5, 0.6) is 0 Å². The number of carbonyl (C=O) groups excluding carboxylic acids is 3. The zero-order valence-electron chi connectivity index (χ0n) is 47.1. The molecule has 1 unspecified atom stereocenters. The van der Waals surface area contributed by atoms with Gasteiger partial charge in [-0.15, -0.1) is 0 Å². The first-order chi connectivity index (χ1) is 36.0. The van der Waals surface area contributed by atoms with Crippen LogP contribution in [0.2, 0.25) is 0 Å². The molecule has 0 aliphatic heterocycles. The van der Waals surface area contributed by atoms with Crippen molar-refractivity contribution in [1.82, 2.24) is 0 Å². The summed E-state index contributed by atoms with van der Waals surface area (Å²) in [6, 6.07) is 0. The lowest BCUT2D eigenvalue weighted by molar-refractivity contribution is -0.167. The number of ether oxygens (including phenoxy) is 3. The quantitative estimate of drug-likeness (QED) is 0.0261. The van der Waals surface area contributed by atoms with Crippen molar-refractivity contribution in [1.29, 1.82) is 0 Å². The molecule has 0 saturated heterocycles. The van der Waals surface area contributed by atoms with Crippen molar-refractivity contribution in [2.75, 3.05) is 13.2 Å². The zero-order chi connectivity index (χ0) is 52.9. The van der Waals surface area contributed by atoms with Crippen molar-refractivity contribution < 1.29 is 28.6 Å². The minimum absolute atomic E-state index is 0.0929. The Hall–Kier alpha value is -4.45. The van der Waals surface area contributed by atoms with Crippen molar-refractivity contribution in [2.45, 2.75) is 258 Å². The topological polar surface area (TPSA) is 78.9 Å². The summed E-state index contributed by atoms with van der Waals surface area (Å²) < 4.78 is 16.7. The van der Waals surface area contributed by atoms with Gasteiger partial charge in [-0.2, -0.15) is 0 Å². The summed E-state index contributed by atoms with van der Waals surface area (Å²) in [7, 11) is 0. The highest BCUT2D eigenvalue weighted by molar-refractivity contribution is 5.71. The van der Waals surface area contributed by atoms with Gasteiger partial charge in [-0.05, 0) is 122 Å². The zero-order valence-corrected chi connectivity index (χ0v) is 47.1. The van der Waals surface area contributed by atoms with Gasteiger partial charge in [0.25, 0.3) is 0 Å². The Balaban J connectivity index is 4.19. The average molecular weight is 1010 g/mol. The van der Waals surface area contributed by atoms with Gasteiger partial charge in [-0.25, -0.2) is 0 Å². The van der Waals surface area contributed by atoms with Crippen molar-refractivity contribution in [3.05, 3.63) is 134 Å². The van der Waals surface area contributed by atoms with Gasteiger partial charge in [0.15, 0.2) is 6.10 Å². The Morgan fingerprint density at radius 3 is 0.849 bits per heavy atom. The van der Waals surface area contributed by atoms with Crippen molar-refractivity contribution in [3.8, 4) is 0 Å². The van der Waals surface area contributed by atoms with E-state index < -0.39 is 6.10 Å². The monoisotopic (exact) mass is 1010 g/mol. The number of hydrogen-bond acceptors (Lipinski definition) is 6. The van der Waals surface area contributed by atoms with Gasteiger partial charge in [-0.1, -0.05) is 244 Å². The van der Waals surface area contributed by atoms with Crippen LogP contribution in [0.15, 0.2) is 134 Å². The number of hydrogen-bond donors (Lipinski definition) is 0. The second kappa shape index (κ2) is 60.1. The average Bonchev–Trinajstić information content (AvgIpc) is 3.39. The molecular formula is C67H108O6. The van der Waals surface area contributed by atoms with Crippen LogP contribution in [-0.4, -0.2) is 37.2 Å². The minimum atomic E-state index is -0.794. The summed E-state index contributed by atoms with van der Waals surface area (Å²) in [5.41, 5.74) is 0. The van der Waals surface area contributed by atoms with Gasteiger partial charge in [-0.3, -0.25) is 14.4 Å². The molecule has 0 aromatic rings. The molecule has 1 atom stereocenters. The first-order valence-electron chi connectivity index (χ1n) is 29.7. The number of allylic oxidation sites excluding steroid dienone is 22. The summed E-state index contributed by atoms with van der Waals surface area (Å²) in [4.78, 5) is 37.9. The molecule has 0 bridgehead atoms. The van der Waals surface area contributed by atoms with Crippen molar-refractivity contribution >= 4 is 17.9 Å². The van der Waals surface area contributed by atoms with Crippen LogP contribution in [0, 0.1) is 0 Å². The maximum atomic E-state index is 12.8. The molecular weight excluding hydrogens is 901 g/mol. The smallest absolute Gasteiger partial charge is 0.306 e. The maximum Gasteiger partial charge on any atom is 0.306 e. The predicted molar refractivity (Wildman–Crippen MR) is 316 cm³/mol.